The molecule has 0 radical (unpaired) electrons. The first-order valence-electron chi connectivity index (χ1n) is 9.11. The number of hydrogen-bond acceptors (Lipinski definition) is 3. The van der Waals surface area contributed by atoms with Gasteiger partial charge in [-0.25, -0.2) is 4.79 Å². The fourth-order valence-corrected chi connectivity index (χ4v) is 3.57. The summed E-state index contributed by atoms with van der Waals surface area (Å²) < 4.78 is 5.68. The van der Waals surface area contributed by atoms with Crippen LogP contribution in [0.2, 0.25) is 0 Å². The quantitative estimate of drug-likeness (QED) is 0.745. The maximum atomic E-state index is 12.2. The molecule has 0 unspecified atom stereocenters. The van der Waals surface area contributed by atoms with Gasteiger partial charge in [0.15, 0.2) is 0 Å². The normalized spacial score (nSPS) is 20.4. The predicted molar refractivity (Wildman–Crippen MR) is 101 cm³/mol. The summed E-state index contributed by atoms with van der Waals surface area (Å²) in [4.78, 5) is 14.3. The highest BCUT2D eigenvalue weighted by Gasteiger charge is 2.25. The summed E-state index contributed by atoms with van der Waals surface area (Å²) in [7, 11) is 4.18. The van der Waals surface area contributed by atoms with E-state index in [1.807, 2.05) is 30.3 Å². The smallest absolute Gasteiger partial charge is 0.338 e. The molecule has 0 heterocycles. The molecule has 3 heteroatoms. The Hall–Kier alpha value is -2.13. The van der Waals surface area contributed by atoms with Crippen LogP contribution in [-0.2, 0) is 11.3 Å². The third-order valence-corrected chi connectivity index (χ3v) is 4.91. The standard InChI is InChI=1S/C22H27NO2/c1-23(2)16-17-8-10-18(11-9-17)19-12-14-21(15-13-19)25-22(24)20-6-4-3-5-7-20/h3-11,19,21H,12-16H2,1-2H3/t19-,21-. The Kier molecular flexibility index (Phi) is 5.87. The minimum absolute atomic E-state index is 0.0528. The lowest BCUT2D eigenvalue weighted by Gasteiger charge is -2.28. The SMILES string of the molecule is CN(C)Cc1ccc([C@H]2CC[C@H](OC(=O)c3ccccc3)CC2)cc1. The largest absolute Gasteiger partial charge is 0.459 e. The van der Waals surface area contributed by atoms with Crippen molar-refractivity contribution in [3.05, 3.63) is 71.3 Å². The third kappa shape index (κ3) is 4.93. The summed E-state index contributed by atoms with van der Waals surface area (Å²) in [6.45, 7) is 0.975. The maximum absolute atomic E-state index is 12.2. The van der Waals surface area contributed by atoms with Crippen molar-refractivity contribution in [2.45, 2.75) is 44.2 Å². The van der Waals surface area contributed by atoms with Gasteiger partial charge in [0, 0.05) is 6.54 Å². The molecule has 1 fully saturated rings. The Morgan fingerprint density at radius 1 is 0.960 bits per heavy atom. The molecular weight excluding hydrogens is 310 g/mol. The monoisotopic (exact) mass is 337 g/mol. The van der Waals surface area contributed by atoms with Gasteiger partial charge in [-0.05, 0) is 69.0 Å². The lowest BCUT2D eigenvalue weighted by Crippen LogP contribution is -2.24. The van der Waals surface area contributed by atoms with E-state index in [0.29, 0.717) is 11.5 Å². The zero-order valence-corrected chi connectivity index (χ0v) is 15.2. The van der Waals surface area contributed by atoms with E-state index < -0.39 is 0 Å². The molecule has 3 rings (SSSR count). The van der Waals surface area contributed by atoms with Crippen LogP contribution in [0.15, 0.2) is 54.6 Å². The average molecular weight is 337 g/mol. The second-order valence-corrected chi connectivity index (χ2v) is 7.22. The van der Waals surface area contributed by atoms with Crippen molar-refractivity contribution in [2.24, 2.45) is 0 Å². The lowest BCUT2D eigenvalue weighted by atomic mass is 9.82. The Morgan fingerprint density at radius 2 is 1.60 bits per heavy atom. The summed E-state index contributed by atoms with van der Waals surface area (Å²) in [6.07, 6.45) is 4.11. The van der Waals surface area contributed by atoms with Gasteiger partial charge >= 0.3 is 5.97 Å². The Bertz CT molecular complexity index is 671. The van der Waals surface area contributed by atoms with Gasteiger partial charge in [0.2, 0.25) is 0 Å². The number of ether oxygens (including phenoxy) is 1. The molecule has 0 saturated heterocycles. The molecule has 0 N–H and O–H groups in total. The van der Waals surface area contributed by atoms with E-state index >= 15 is 0 Å². The number of esters is 1. The van der Waals surface area contributed by atoms with Gasteiger partial charge in [-0.3, -0.25) is 0 Å². The van der Waals surface area contributed by atoms with Crippen LogP contribution in [-0.4, -0.2) is 31.1 Å². The van der Waals surface area contributed by atoms with Crippen LogP contribution in [0.4, 0.5) is 0 Å². The summed E-state index contributed by atoms with van der Waals surface area (Å²) in [5, 5.41) is 0. The molecule has 0 spiro atoms. The van der Waals surface area contributed by atoms with Crippen LogP contribution in [0.25, 0.3) is 0 Å². The fraction of sp³-hybridized carbons (Fsp3) is 0.409. The third-order valence-electron chi connectivity index (χ3n) is 4.91. The molecular formula is C22H27NO2. The van der Waals surface area contributed by atoms with Crippen LogP contribution < -0.4 is 0 Å². The second kappa shape index (κ2) is 8.30. The first kappa shape index (κ1) is 17.7. The van der Waals surface area contributed by atoms with E-state index in [2.05, 4.69) is 43.3 Å². The van der Waals surface area contributed by atoms with Crippen LogP contribution >= 0.6 is 0 Å². The van der Waals surface area contributed by atoms with E-state index in [9.17, 15) is 4.79 Å². The predicted octanol–water partition coefficient (Wildman–Crippen LogP) is 4.63. The zero-order valence-electron chi connectivity index (χ0n) is 15.2. The number of nitrogens with zero attached hydrogens (tertiary/aromatic N) is 1. The highest BCUT2D eigenvalue weighted by molar-refractivity contribution is 5.89. The molecule has 0 amide bonds. The van der Waals surface area contributed by atoms with Gasteiger partial charge in [0.1, 0.15) is 6.10 Å². The van der Waals surface area contributed by atoms with Crippen LogP contribution in [0.3, 0.4) is 0 Å². The van der Waals surface area contributed by atoms with Gasteiger partial charge in [0.25, 0.3) is 0 Å². The molecule has 1 aliphatic rings. The molecule has 0 atom stereocenters. The Labute approximate surface area is 150 Å². The lowest BCUT2D eigenvalue weighted by molar-refractivity contribution is 0.0195. The van der Waals surface area contributed by atoms with E-state index in [4.69, 9.17) is 4.74 Å². The van der Waals surface area contributed by atoms with E-state index in [-0.39, 0.29) is 12.1 Å². The topological polar surface area (TPSA) is 29.5 Å². The van der Waals surface area contributed by atoms with Crippen molar-refractivity contribution < 1.29 is 9.53 Å². The molecule has 2 aromatic carbocycles. The number of carbonyl (C=O) groups excluding carboxylic acids is 1. The van der Waals surface area contributed by atoms with Gasteiger partial charge in [-0.1, -0.05) is 42.5 Å². The van der Waals surface area contributed by atoms with E-state index in [1.54, 1.807) is 0 Å². The average Bonchev–Trinajstić information content (AvgIpc) is 2.63. The summed E-state index contributed by atoms with van der Waals surface area (Å²) in [5.41, 5.74) is 3.40. The van der Waals surface area contributed by atoms with Crippen LogP contribution in [0.1, 0.15) is 53.1 Å². The molecule has 132 valence electrons. The summed E-state index contributed by atoms with van der Waals surface area (Å²) >= 11 is 0. The van der Waals surface area contributed by atoms with Gasteiger partial charge < -0.3 is 9.64 Å². The van der Waals surface area contributed by atoms with Crippen molar-refractivity contribution in [3.8, 4) is 0 Å². The van der Waals surface area contributed by atoms with Crippen molar-refractivity contribution in [1.82, 2.24) is 4.90 Å². The van der Waals surface area contributed by atoms with E-state index in [1.165, 1.54) is 11.1 Å². The number of rotatable bonds is 5. The number of carbonyl (C=O) groups is 1. The zero-order chi connectivity index (χ0) is 17.6. The fourth-order valence-electron chi connectivity index (χ4n) is 3.57. The molecule has 2 aromatic rings. The van der Waals surface area contributed by atoms with E-state index in [0.717, 1.165) is 32.2 Å². The molecule has 1 saturated carbocycles. The van der Waals surface area contributed by atoms with Gasteiger partial charge in [0.05, 0.1) is 5.56 Å². The first-order chi connectivity index (χ1) is 12.1. The Balaban J connectivity index is 1.51. The molecule has 0 aliphatic heterocycles. The van der Waals surface area contributed by atoms with Crippen molar-refractivity contribution in [2.75, 3.05) is 14.1 Å². The van der Waals surface area contributed by atoms with Crippen molar-refractivity contribution in [3.63, 3.8) is 0 Å². The molecule has 1 aliphatic carbocycles. The first-order valence-corrected chi connectivity index (χ1v) is 9.11. The molecule has 25 heavy (non-hydrogen) atoms. The molecule has 0 aromatic heterocycles. The number of hydrogen-bond donors (Lipinski definition) is 0. The van der Waals surface area contributed by atoms with Crippen LogP contribution in [0.5, 0.6) is 0 Å². The van der Waals surface area contributed by atoms with Crippen molar-refractivity contribution >= 4 is 5.97 Å². The minimum Gasteiger partial charge on any atom is -0.459 e. The summed E-state index contributed by atoms with van der Waals surface area (Å²) in [5.74, 6) is 0.386. The van der Waals surface area contributed by atoms with Crippen molar-refractivity contribution in [1.29, 1.82) is 0 Å². The summed E-state index contributed by atoms with van der Waals surface area (Å²) in [6, 6.07) is 18.3. The highest BCUT2D eigenvalue weighted by atomic mass is 16.5. The van der Waals surface area contributed by atoms with Gasteiger partial charge in [-0.2, -0.15) is 0 Å². The number of benzene rings is 2. The van der Waals surface area contributed by atoms with Gasteiger partial charge in [-0.15, -0.1) is 0 Å². The highest BCUT2D eigenvalue weighted by Crippen LogP contribution is 2.34. The maximum Gasteiger partial charge on any atom is 0.338 e. The second-order valence-electron chi connectivity index (χ2n) is 7.22. The van der Waals surface area contributed by atoms with Crippen LogP contribution in [0, 0.1) is 0 Å². The minimum atomic E-state index is -0.197. The molecule has 3 nitrogen and oxygen atoms in total. The Morgan fingerprint density at radius 3 is 2.20 bits per heavy atom. The molecule has 0 bridgehead atoms.